The van der Waals surface area contributed by atoms with Gasteiger partial charge in [0.25, 0.3) is 0 Å². The summed E-state index contributed by atoms with van der Waals surface area (Å²) >= 11 is 0. The minimum absolute atomic E-state index is 0.000132. The highest BCUT2D eigenvalue weighted by Gasteiger charge is 2.37. The van der Waals surface area contributed by atoms with Crippen molar-refractivity contribution in [1.82, 2.24) is 19.8 Å². The van der Waals surface area contributed by atoms with Gasteiger partial charge in [0.15, 0.2) is 0 Å². The molecule has 0 aromatic carbocycles. The number of likely N-dealkylation sites (tertiary alicyclic amines) is 1. The Balaban J connectivity index is 1.53. The number of aromatic nitrogens is 2. The zero-order valence-electron chi connectivity index (χ0n) is 16.5. The van der Waals surface area contributed by atoms with E-state index in [-0.39, 0.29) is 29.9 Å². The van der Waals surface area contributed by atoms with E-state index in [1.54, 1.807) is 13.3 Å². The summed E-state index contributed by atoms with van der Waals surface area (Å²) in [4.78, 5) is 31.5. The smallest absolute Gasteiger partial charge is 0.225 e. The van der Waals surface area contributed by atoms with Gasteiger partial charge in [-0.1, -0.05) is 6.92 Å². The molecular weight excluding hydrogens is 344 g/mol. The molecule has 2 amide bonds. The molecule has 7 nitrogen and oxygen atoms in total. The van der Waals surface area contributed by atoms with Crippen LogP contribution in [0.4, 0.5) is 0 Å². The molecule has 1 N–H and O–H groups in total. The first-order chi connectivity index (χ1) is 13.1. The summed E-state index contributed by atoms with van der Waals surface area (Å²) in [6.07, 6.45) is 9.46. The molecule has 1 saturated carbocycles. The van der Waals surface area contributed by atoms with E-state index in [0.717, 1.165) is 51.0 Å². The van der Waals surface area contributed by atoms with Gasteiger partial charge in [-0.3, -0.25) is 9.59 Å². The van der Waals surface area contributed by atoms with Gasteiger partial charge in [0.1, 0.15) is 5.82 Å². The third-order valence-electron chi connectivity index (χ3n) is 5.90. The van der Waals surface area contributed by atoms with Crippen molar-refractivity contribution in [3.63, 3.8) is 0 Å². The van der Waals surface area contributed by atoms with Crippen LogP contribution >= 0.6 is 0 Å². The summed E-state index contributed by atoms with van der Waals surface area (Å²) in [5.41, 5.74) is 0. The van der Waals surface area contributed by atoms with Gasteiger partial charge in [-0.15, -0.1) is 0 Å². The first-order valence-electron chi connectivity index (χ1n) is 10.2. The van der Waals surface area contributed by atoms with Gasteiger partial charge in [-0.05, 0) is 32.1 Å². The second-order valence-electron chi connectivity index (χ2n) is 7.63. The molecule has 150 valence electrons. The van der Waals surface area contributed by atoms with E-state index in [0.29, 0.717) is 19.4 Å². The Hall–Kier alpha value is -1.89. The number of methoxy groups -OCH3 is 1. The predicted octanol–water partition coefficient (Wildman–Crippen LogP) is 1.76. The summed E-state index contributed by atoms with van der Waals surface area (Å²) in [5, 5.41) is 3.13. The lowest BCUT2D eigenvalue weighted by atomic mass is 9.82. The summed E-state index contributed by atoms with van der Waals surface area (Å²) in [5.74, 6) is 1.26. The van der Waals surface area contributed by atoms with E-state index in [2.05, 4.69) is 17.2 Å². The van der Waals surface area contributed by atoms with Crippen molar-refractivity contribution in [2.45, 2.75) is 70.6 Å². The molecule has 1 aromatic rings. The van der Waals surface area contributed by atoms with Crippen molar-refractivity contribution in [2.24, 2.45) is 5.92 Å². The largest absolute Gasteiger partial charge is 0.379 e. The van der Waals surface area contributed by atoms with Crippen LogP contribution in [-0.4, -0.2) is 58.6 Å². The van der Waals surface area contributed by atoms with Crippen LogP contribution in [0.3, 0.4) is 0 Å². The molecule has 7 heteroatoms. The molecule has 1 aliphatic carbocycles. The van der Waals surface area contributed by atoms with Crippen LogP contribution in [0.25, 0.3) is 0 Å². The average Bonchev–Trinajstić information content (AvgIpc) is 3.37. The second kappa shape index (κ2) is 9.35. The van der Waals surface area contributed by atoms with E-state index in [1.165, 1.54) is 0 Å². The van der Waals surface area contributed by atoms with E-state index in [9.17, 15) is 9.59 Å². The second-order valence-corrected chi connectivity index (χ2v) is 7.63. The number of carbonyl (C=O) groups excluding carboxylic acids is 2. The van der Waals surface area contributed by atoms with Crippen molar-refractivity contribution < 1.29 is 14.3 Å². The predicted molar refractivity (Wildman–Crippen MR) is 102 cm³/mol. The quantitative estimate of drug-likeness (QED) is 0.787. The van der Waals surface area contributed by atoms with Gasteiger partial charge in [-0.25, -0.2) is 4.98 Å². The van der Waals surface area contributed by atoms with E-state index in [4.69, 9.17) is 4.74 Å². The Morgan fingerprint density at radius 1 is 1.30 bits per heavy atom. The summed E-state index contributed by atoms with van der Waals surface area (Å²) in [7, 11) is 1.69. The number of nitrogens with zero attached hydrogens (tertiary/aromatic N) is 3. The first-order valence-corrected chi connectivity index (χ1v) is 10.2. The highest BCUT2D eigenvalue weighted by Crippen LogP contribution is 2.29. The molecule has 3 atom stereocenters. The summed E-state index contributed by atoms with van der Waals surface area (Å²) < 4.78 is 7.61. The van der Waals surface area contributed by atoms with Crippen molar-refractivity contribution >= 4 is 11.8 Å². The molecule has 3 rings (SSSR count). The number of nitrogens with one attached hydrogen (secondary N) is 1. The highest BCUT2D eigenvalue weighted by atomic mass is 16.5. The third kappa shape index (κ3) is 4.89. The molecule has 2 heterocycles. The fourth-order valence-electron chi connectivity index (χ4n) is 4.36. The molecule has 1 aromatic heterocycles. The minimum Gasteiger partial charge on any atom is -0.379 e. The van der Waals surface area contributed by atoms with Crippen LogP contribution < -0.4 is 5.32 Å². The standard InChI is InChI=1S/C20H32N4O3/c1-3-18-21-9-13-23(18)12-8-19(25)22-16-14-15(6-7-17(16)27-2)20(26)24-10-4-5-11-24/h9,13,15-17H,3-8,10-12,14H2,1-2H3,(H,22,25)/t15-,16+,17+/m0/s1. The van der Waals surface area contributed by atoms with Gasteiger partial charge in [0.05, 0.1) is 12.1 Å². The molecule has 2 fully saturated rings. The molecular formula is C20H32N4O3. The van der Waals surface area contributed by atoms with Crippen molar-refractivity contribution in [3.05, 3.63) is 18.2 Å². The summed E-state index contributed by atoms with van der Waals surface area (Å²) in [6.45, 7) is 4.44. The van der Waals surface area contributed by atoms with Crippen LogP contribution in [-0.2, 0) is 27.3 Å². The van der Waals surface area contributed by atoms with Crippen LogP contribution in [0.15, 0.2) is 12.4 Å². The fourth-order valence-corrected chi connectivity index (χ4v) is 4.36. The number of ether oxygens (including phenoxy) is 1. The number of carbonyl (C=O) groups is 2. The lowest BCUT2D eigenvalue weighted by Crippen LogP contribution is -2.50. The maximum absolute atomic E-state index is 12.7. The zero-order chi connectivity index (χ0) is 19.2. The lowest BCUT2D eigenvalue weighted by molar-refractivity contribution is -0.138. The average molecular weight is 377 g/mol. The number of hydrogen-bond donors (Lipinski definition) is 1. The third-order valence-corrected chi connectivity index (χ3v) is 5.90. The normalized spacial score (nSPS) is 25.6. The van der Waals surface area contributed by atoms with Crippen molar-refractivity contribution in [2.75, 3.05) is 20.2 Å². The van der Waals surface area contributed by atoms with Gasteiger partial charge < -0.3 is 19.5 Å². The molecule has 27 heavy (non-hydrogen) atoms. The van der Waals surface area contributed by atoms with Crippen LogP contribution in [0.5, 0.6) is 0 Å². The molecule has 1 aliphatic heterocycles. The molecule has 2 aliphatic rings. The maximum atomic E-state index is 12.7. The monoisotopic (exact) mass is 376 g/mol. The van der Waals surface area contributed by atoms with Crippen molar-refractivity contribution in [3.8, 4) is 0 Å². The van der Waals surface area contributed by atoms with Crippen LogP contribution in [0.1, 0.15) is 51.3 Å². The topological polar surface area (TPSA) is 76.5 Å². The Labute approximate surface area is 161 Å². The maximum Gasteiger partial charge on any atom is 0.225 e. The Kier molecular flexibility index (Phi) is 6.88. The van der Waals surface area contributed by atoms with Gasteiger partial charge in [-0.2, -0.15) is 0 Å². The SMILES string of the molecule is CCc1nccn1CCC(=O)N[C@@H]1C[C@@H](C(=O)N2CCCC2)CC[C@H]1OC. The molecule has 0 spiro atoms. The first kappa shape index (κ1) is 19.9. The van der Waals surface area contributed by atoms with E-state index < -0.39 is 0 Å². The number of amides is 2. The summed E-state index contributed by atoms with van der Waals surface area (Å²) in [6, 6.07) is -0.0961. The molecule has 1 saturated heterocycles. The molecule has 0 bridgehead atoms. The van der Waals surface area contributed by atoms with Crippen molar-refractivity contribution in [1.29, 1.82) is 0 Å². The number of aryl methyl sites for hydroxylation is 2. The highest BCUT2D eigenvalue weighted by molar-refractivity contribution is 5.80. The van der Waals surface area contributed by atoms with Crippen LogP contribution in [0, 0.1) is 5.92 Å². The molecule has 0 radical (unpaired) electrons. The Morgan fingerprint density at radius 2 is 2.07 bits per heavy atom. The lowest BCUT2D eigenvalue weighted by Gasteiger charge is -2.36. The van der Waals surface area contributed by atoms with Gasteiger partial charge in [0, 0.05) is 57.9 Å². The number of hydrogen-bond acceptors (Lipinski definition) is 4. The number of rotatable bonds is 7. The zero-order valence-corrected chi connectivity index (χ0v) is 16.5. The van der Waals surface area contributed by atoms with E-state index in [1.807, 2.05) is 15.7 Å². The van der Waals surface area contributed by atoms with E-state index >= 15 is 0 Å². The Bertz CT molecular complexity index is 639. The molecule has 0 unspecified atom stereocenters. The fraction of sp³-hybridized carbons (Fsp3) is 0.750. The van der Waals surface area contributed by atoms with Crippen LogP contribution in [0.2, 0.25) is 0 Å². The Morgan fingerprint density at radius 3 is 2.78 bits per heavy atom. The number of imidazole rings is 1. The van der Waals surface area contributed by atoms with Gasteiger partial charge in [0.2, 0.25) is 11.8 Å². The van der Waals surface area contributed by atoms with Gasteiger partial charge >= 0.3 is 0 Å². The minimum atomic E-state index is -0.0961.